The number of rotatable bonds is 5. The third-order valence-electron chi connectivity index (χ3n) is 6.22. The largest absolute Gasteiger partial charge is 0.450 e. The molecule has 0 bridgehead atoms. The SMILES string of the molecule is CCOC(=O)N1CCC(N2CCC(CO)(Cc3ccccc3Cl)CC2)CC1. The van der Waals surface area contributed by atoms with Crippen LogP contribution in [0.25, 0.3) is 0 Å². The van der Waals surface area contributed by atoms with Gasteiger partial charge in [-0.05, 0) is 69.2 Å². The molecule has 0 atom stereocenters. The average Bonchev–Trinajstić information content (AvgIpc) is 2.71. The minimum Gasteiger partial charge on any atom is -0.450 e. The van der Waals surface area contributed by atoms with Gasteiger partial charge in [0, 0.05) is 30.8 Å². The maximum atomic E-state index is 11.9. The van der Waals surface area contributed by atoms with Crippen molar-refractivity contribution in [3.8, 4) is 0 Å². The van der Waals surface area contributed by atoms with Crippen LogP contribution in [-0.2, 0) is 11.2 Å². The van der Waals surface area contributed by atoms with Crippen molar-refractivity contribution in [1.82, 2.24) is 9.80 Å². The monoisotopic (exact) mass is 394 g/mol. The van der Waals surface area contributed by atoms with Gasteiger partial charge in [0.15, 0.2) is 0 Å². The van der Waals surface area contributed by atoms with Crippen molar-refractivity contribution in [2.45, 2.75) is 45.1 Å². The number of hydrogen-bond acceptors (Lipinski definition) is 4. The Bertz CT molecular complexity index is 624. The maximum absolute atomic E-state index is 11.9. The van der Waals surface area contributed by atoms with Gasteiger partial charge >= 0.3 is 6.09 Å². The zero-order valence-corrected chi connectivity index (χ0v) is 17.0. The Morgan fingerprint density at radius 2 is 1.89 bits per heavy atom. The van der Waals surface area contributed by atoms with E-state index in [1.807, 2.05) is 30.0 Å². The Morgan fingerprint density at radius 1 is 1.22 bits per heavy atom. The van der Waals surface area contributed by atoms with Gasteiger partial charge in [0.25, 0.3) is 0 Å². The Morgan fingerprint density at radius 3 is 2.48 bits per heavy atom. The zero-order chi connectivity index (χ0) is 19.3. The topological polar surface area (TPSA) is 53.0 Å². The van der Waals surface area contributed by atoms with Crippen LogP contribution < -0.4 is 0 Å². The Hall–Kier alpha value is -1.30. The summed E-state index contributed by atoms with van der Waals surface area (Å²) < 4.78 is 5.10. The highest BCUT2D eigenvalue weighted by atomic mass is 35.5. The molecule has 0 unspecified atom stereocenters. The fourth-order valence-corrected chi connectivity index (χ4v) is 4.63. The molecule has 1 amide bonds. The van der Waals surface area contributed by atoms with Gasteiger partial charge in [-0.15, -0.1) is 0 Å². The average molecular weight is 395 g/mol. The molecule has 2 fully saturated rings. The fraction of sp³-hybridized carbons (Fsp3) is 0.667. The Labute approximate surface area is 167 Å². The highest BCUT2D eigenvalue weighted by molar-refractivity contribution is 6.31. The van der Waals surface area contributed by atoms with Crippen molar-refractivity contribution in [3.05, 3.63) is 34.9 Å². The summed E-state index contributed by atoms with van der Waals surface area (Å²) in [6, 6.07) is 8.47. The first-order valence-electron chi connectivity index (χ1n) is 10.1. The molecule has 5 nitrogen and oxygen atoms in total. The quantitative estimate of drug-likeness (QED) is 0.829. The van der Waals surface area contributed by atoms with E-state index in [9.17, 15) is 9.90 Å². The molecule has 3 rings (SSSR count). The van der Waals surface area contributed by atoms with Crippen LogP contribution in [0.2, 0.25) is 5.02 Å². The van der Waals surface area contributed by atoms with E-state index in [2.05, 4.69) is 11.0 Å². The molecule has 1 N–H and O–H groups in total. The summed E-state index contributed by atoms with van der Waals surface area (Å²) >= 11 is 6.34. The standard InChI is InChI=1S/C21H31ClN2O3/c1-2-27-20(26)24-11-7-18(8-12-24)23-13-9-21(16-25,10-14-23)15-17-5-3-4-6-19(17)22/h3-6,18,25H,2,7-16H2,1H3. The Balaban J connectivity index is 1.52. The summed E-state index contributed by atoms with van der Waals surface area (Å²) in [5.74, 6) is 0. The van der Waals surface area contributed by atoms with Crippen molar-refractivity contribution < 1.29 is 14.6 Å². The lowest BCUT2D eigenvalue weighted by Crippen LogP contribution is -2.51. The molecule has 1 aromatic carbocycles. The minimum atomic E-state index is -0.186. The van der Waals surface area contributed by atoms with Crippen LogP contribution in [0.4, 0.5) is 4.79 Å². The van der Waals surface area contributed by atoms with Gasteiger partial charge in [0.1, 0.15) is 0 Å². The lowest BCUT2D eigenvalue weighted by atomic mass is 9.74. The molecule has 1 aromatic rings. The van der Waals surface area contributed by atoms with E-state index in [0.717, 1.165) is 68.9 Å². The molecule has 0 aliphatic carbocycles. The summed E-state index contributed by atoms with van der Waals surface area (Å²) in [4.78, 5) is 16.2. The van der Waals surface area contributed by atoms with Crippen molar-refractivity contribution in [2.24, 2.45) is 5.41 Å². The second-order valence-corrected chi connectivity index (χ2v) is 8.29. The number of carbonyl (C=O) groups is 1. The number of likely N-dealkylation sites (tertiary alicyclic amines) is 2. The molecule has 150 valence electrons. The smallest absolute Gasteiger partial charge is 0.409 e. The molecule has 2 aliphatic rings. The third kappa shape index (κ3) is 4.95. The zero-order valence-electron chi connectivity index (χ0n) is 16.2. The van der Waals surface area contributed by atoms with Crippen LogP contribution in [-0.4, -0.2) is 66.4 Å². The molecule has 2 aliphatic heterocycles. The van der Waals surface area contributed by atoms with Crippen LogP contribution >= 0.6 is 11.6 Å². The molecule has 0 saturated carbocycles. The number of aliphatic hydroxyl groups excluding tert-OH is 1. The van der Waals surface area contributed by atoms with Gasteiger partial charge in [0.05, 0.1) is 6.61 Å². The molecule has 2 heterocycles. The second kappa shape index (κ2) is 9.26. The van der Waals surface area contributed by atoms with Crippen molar-refractivity contribution in [1.29, 1.82) is 0 Å². The highest BCUT2D eigenvalue weighted by Gasteiger charge is 2.37. The van der Waals surface area contributed by atoms with Gasteiger partial charge in [-0.3, -0.25) is 0 Å². The van der Waals surface area contributed by atoms with E-state index in [1.165, 1.54) is 0 Å². The molecule has 0 spiro atoms. The van der Waals surface area contributed by atoms with E-state index in [4.69, 9.17) is 16.3 Å². The Kier molecular flexibility index (Phi) is 7.01. The van der Waals surface area contributed by atoms with Crippen molar-refractivity contribution in [2.75, 3.05) is 39.4 Å². The number of aliphatic hydroxyl groups is 1. The molecular formula is C21H31ClN2O3. The predicted molar refractivity (Wildman–Crippen MR) is 107 cm³/mol. The summed E-state index contributed by atoms with van der Waals surface area (Å²) in [5, 5.41) is 10.9. The van der Waals surface area contributed by atoms with E-state index in [-0.39, 0.29) is 18.1 Å². The number of halogens is 1. The van der Waals surface area contributed by atoms with Crippen LogP contribution in [0.15, 0.2) is 24.3 Å². The lowest BCUT2D eigenvalue weighted by Gasteiger charge is -2.45. The minimum absolute atomic E-state index is 0.0763. The summed E-state index contributed by atoms with van der Waals surface area (Å²) in [7, 11) is 0. The molecule has 27 heavy (non-hydrogen) atoms. The van der Waals surface area contributed by atoms with Gasteiger partial charge in [0.2, 0.25) is 0 Å². The lowest BCUT2D eigenvalue weighted by molar-refractivity contribution is 0.0117. The summed E-state index contributed by atoms with van der Waals surface area (Å²) in [6.07, 6.45) is 4.59. The number of hydrogen-bond donors (Lipinski definition) is 1. The van der Waals surface area contributed by atoms with Crippen molar-refractivity contribution >= 4 is 17.7 Å². The van der Waals surface area contributed by atoms with E-state index < -0.39 is 0 Å². The fourth-order valence-electron chi connectivity index (χ4n) is 4.43. The maximum Gasteiger partial charge on any atom is 0.409 e. The summed E-state index contributed by atoms with van der Waals surface area (Å²) in [6.45, 7) is 6.00. The van der Waals surface area contributed by atoms with Crippen LogP contribution in [0, 0.1) is 5.41 Å². The third-order valence-corrected chi connectivity index (χ3v) is 6.59. The molecule has 6 heteroatoms. The van der Waals surface area contributed by atoms with Gasteiger partial charge in [-0.25, -0.2) is 4.79 Å². The number of ether oxygens (including phenoxy) is 1. The van der Waals surface area contributed by atoms with E-state index in [0.29, 0.717) is 12.6 Å². The van der Waals surface area contributed by atoms with Crippen LogP contribution in [0.1, 0.15) is 38.2 Å². The van der Waals surface area contributed by atoms with Crippen LogP contribution in [0.5, 0.6) is 0 Å². The number of piperidine rings is 2. The van der Waals surface area contributed by atoms with Gasteiger partial charge < -0.3 is 19.6 Å². The number of carbonyl (C=O) groups excluding carboxylic acids is 1. The molecule has 0 aromatic heterocycles. The predicted octanol–water partition coefficient (Wildman–Crippen LogP) is 3.58. The molecule has 0 radical (unpaired) electrons. The first kappa shape index (κ1) is 20.4. The normalized spacial score (nSPS) is 21.2. The number of nitrogens with zero attached hydrogens (tertiary/aromatic N) is 2. The first-order valence-corrected chi connectivity index (χ1v) is 10.4. The molecular weight excluding hydrogens is 364 g/mol. The van der Waals surface area contributed by atoms with Gasteiger partial charge in [-0.2, -0.15) is 0 Å². The van der Waals surface area contributed by atoms with E-state index >= 15 is 0 Å². The summed E-state index contributed by atoms with van der Waals surface area (Å²) in [5.41, 5.74) is 1.05. The molecule has 2 saturated heterocycles. The van der Waals surface area contributed by atoms with Gasteiger partial charge in [-0.1, -0.05) is 29.8 Å². The van der Waals surface area contributed by atoms with Crippen LogP contribution in [0.3, 0.4) is 0 Å². The highest BCUT2D eigenvalue weighted by Crippen LogP contribution is 2.37. The first-order chi connectivity index (χ1) is 13.1. The van der Waals surface area contributed by atoms with E-state index in [1.54, 1.807) is 0 Å². The van der Waals surface area contributed by atoms with Crippen molar-refractivity contribution in [3.63, 3.8) is 0 Å². The number of amides is 1. The number of benzene rings is 1. The second-order valence-electron chi connectivity index (χ2n) is 7.88.